The van der Waals surface area contributed by atoms with E-state index < -0.39 is 5.60 Å². The smallest absolute Gasteiger partial charge is 0.127 e. The molecule has 3 nitrogen and oxygen atoms in total. The van der Waals surface area contributed by atoms with Crippen molar-refractivity contribution in [3.05, 3.63) is 35.1 Å². The minimum absolute atomic E-state index is 0.220. The Morgan fingerprint density at radius 3 is 2.88 bits per heavy atom. The van der Waals surface area contributed by atoms with Crippen LogP contribution in [0, 0.1) is 5.82 Å². The van der Waals surface area contributed by atoms with Gasteiger partial charge in [-0.3, -0.25) is 4.90 Å². The maximum atomic E-state index is 13.3. The third kappa shape index (κ3) is 3.03. The Bertz CT molecular complexity index is 406. The number of benzene rings is 1. The molecule has 0 spiro atoms. The van der Waals surface area contributed by atoms with Crippen LogP contribution < -0.4 is 5.73 Å². The second-order valence-corrected chi connectivity index (χ2v) is 5.09. The molecule has 0 aromatic heterocycles. The highest BCUT2D eigenvalue weighted by Crippen LogP contribution is 2.22. The summed E-state index contributed by atoms with van der Waals surface area (Å²) in [5.74, 6) is -0.246. The molecular formula is C13H19FN2O. The third-order valence-electron chi connectivity index (χ3n) is 3.27. The van der Waals surface area contributed by atoms with Crippen molar-refractivity contribution in [3.8, 4) is 0 Å². The van der Waals surface area contributed by atoms with Gasteiger partial charge in [-0.05, 0) is 25.0 Å². The molecule has 0 amide bonds. The predicted molar refractivity (Wildman–Crippen MR) is 64.8 cm³/mol. The van der Waals surface area contributed by atoms with Gasteiger partial charge in [0, 0.05) is 31.7 Å². The molecule has 3 N–H and O–H groups in total. The van der Waals surface area contributed by atoms with Crippen molar-refractivity contribution in [2.75, 3.05) is 13.1 Å². The average Bonchev–Trinajstić information content (AvgIpc) is 2.61. The summed E-state index contributed by atoms with van der Waals surface area (Å²) in [7, 11) is 0. The summed E-state index contributed by atoms with van der Waals surface area (Å²) in [5, 5.41) is 9.87. The lowest BCUT2D eigenvalue weighted by Gasteiger charge is -2.19. The summed E-state index contributed by atoms with van der Waals surface area (Å²) in [6.45, 7) is 4.36. The van der Waals surface area contributed by atoms with E-state index in [1.165, 1.54) is 6.07 Å². The van der Waals surface area contributed by atoms with E-state index in [1.54, 1.807) is 6.07 Å². The molecule has 0 radical (unpaired) electrons. The Morgan fingerprint density at radius 1 is 1.53 bits per heavy atom. The van der Waals surface area contributed by atoms with Gasteiger partial charge >= 0.3 is 0 Å². The molecule has 2 rings (SSSR count). The van der Waals surface area contributed by atoms with E-state index in [2.05, 4.69) is 4.90 Å². The van der Waals surface area contributed by atoms with Crippen LogP contribution in [0.1, 0.15) is 24.5 Å². The SMILES string of the molecule is CC1(O)CCN(Cc2ccc(F)c(CN)c2)C1. The van der Waals surface area contributed by atoms with Crippen LogP contribution in [0.15, 0.2) is 18.2 Å². The molecule has 1 saturated heterocycles. The van der Waals surface area contributed by atoms with E-state index in [1.807, 2.05) is 13.0 Å². The Morgan fingerprint density at radius 2 is 2.29 bits per heavy atom. The molecule has 4 heteroatoms. The summed E-state index contributed by atoms with van der Waals surface area (Å²) in [6, 6.07) is 5.05. The Labute approximate surface area is 101 Å². The van der Waals surface area contributed by atoms with E-state index in [0.717, 1.165) is 25.1 Å². The van der Waals surface area contributed by atoms with Crippen molar-refractivity contribution in [3.63, 3.8) is 0 Å². The summed E-state index contributed by atoms with van der Waals surface area (Å²) in [4.78, 5) is 2.17. The Balaban J connectivity index is 2.04. The van der Waals surface area contributed by atoms with Gasteiger partial charge in [0.25, 0.3) is 0 Å². The summed E-state index contributed by atoms with van der Waals surface area (Å²) >= 11 is 0. The van der Waals surface area contributed by atoms with Crippen LogP contribution >= 0.6 is 0 Å². The molecule has 1 unspecified atom stereocenters. The zero-order valence-electron chi connectivity index (χ0n) is 10.1. The number of hydrogen-bond donors (Lipinski definition) is 2. The quantitative estimate of drug-likeness (QED) is 0.833. The number of rotatable bonds is 3. The number of aliphatic hydroxyl groups is 1. The van der Waals surface area contributed by atoms with Crippen LogP contribution in [0.25, 0.3) is 0 Å². The van der Waals surface area contributed by atoms with Gasteiger partial charge in [-0.1, -0.05) is 12.1 Å². The normalized spacial score (nSPS) is 25.4. The van der Waals surface area contributed by atoms with Crippen LogP contribution in [-0.4, -0.2) is 28.7 Å². The molecule has 1 aromatic rings. The van der Waals surface area contributed by atoms with Gasteiger partial charge in [0.1, 0.15) is 5.82 Å². The molecule has 94 valence electrons. The zero-order chi connectivity index (χ0) is 12.5. The van der Waals surface area contributed by atoms with Gasteiger partial charge in [0.15, 0.2) is 0 Å². The second kappa shape index (κ2) is 4.72. The Kier molecular flexibility index (Phi) is 3.47. The fourth-order valence-electron chi connectivity index (χ4n) is 2.31. The molecule has 1 fully saturated rings. The lowest BCUT2D eigenvalue weighted by atomic mass is 10.1. The molecule has 0 aliphatic carbocycles. The molecule has 1 atom stereocenters. The number of nitrogens with two attached hydrogens (primary N) is 1. The van der Waals surface area contributed by atoms with Crippen molar-refractivity contribution >= 4 is 0 Å². The molecule has 0 saturated carbocycles. The van der Waals surface area contributed by atoms with E-state index in [9.17, 15) is 9.50 Å². The van der Waals surface area contributed by atoms with Crippen LogP contribution in [0.3, 0.4) is 0 Å². The first kappa shape index (κ1) is 12.5. The van der Waals surface area contributed by atoms with Crippen LogP contribution in [-0.2, 0) is 13.1 Å². The first-order valence-electron chi connectivity index (χ1n) is 5.92. The topological polar surface area (TPSA) is 49.5 Å². The lowest BCUT2D eigenvalue weighted by molar-refractivity contribution is 0.0679. The average molecular weight is 238 g/mol. The largest absolute Gasteiger partial charge is 0.389 e. The van der Waals surface area contributed by atoms with Gasteiger partial charge in [-0.25, -0.2) is 4.39 Å². The van der Waals surface area contributed by atoms with Crippen molar-refractivity contribution in [1.29, 1.82) is 0 Å². The molecule has 17 heavy (non-hydrogen) atoms. The number of hydrogen-bond acceptors (Lipinski definition) is 3. The van der Waals surface area contributed by atoms with E-state index >= 15 is 0 Å². The number of β-amino-alcohol motifs (C(OH)–C–C–N with tert-alkyl or cyclic N) is 1. The second-order valence-electron chi connectivity index (χ2n) is 5.09. The van der Waals surface area contributed by atoms with Crippen molar-refractivity contribution < 1.29 is 9.50 Å². The zero-order valence-corrected chi connectivity index (χ0v) is 10.1. The molecule has 1 aliphatic heterocycles. The molecule has 1 aromatic carbocycles. The molecule has 1 heterocycles. The third-order valence-corrected chi connectivity index (χ3v) is 3.27. The summed E-state index contributed by atoms with van der Waals surface area (Å²) < 4.78 is 13.3. The first-order valence-corrected chi connectivity index (χ1v) is 5.92. The van der Waals surface area contributed by atoms with Gasteiger partial charge < -0.3 is 10.8 Å². The van der Waals surface area contributed by atoms with Crippen molar-refractivity contribution in [1.82, 2.24) is 4.90 Å². The lowest BCUT2D eigenvalue weighted by Crippen LogP contribution is -2.29. The van der Waals surface area contributed by atoms with Gasteiger partial charge in [-0.15, -0.1) is 0 Å². The number of likely N-dealkylation sites (tertiary alicyclic amines) is 1. The van der Waals surface area contributed by atoms with Gasteiger partial charge in [0.2, 0.25) is 0 Å². The van der Waals surface area contributed by atoms with E-state index in [4.69, 9.17) is 5.73 Å². The van der Waals surface area contributed by atoms with E-state index in [0.29, 0.717) is 12.1 Å². The minimum atomic E-state index is -0.587. The van der Waals surface area contributed by atoms with E-state index in [-0.39, 0.29) is 12.4 Å². The maximum absolute atomic E-state index is 13.3. The number of halogens is 1. The van der Waals surface area contributed by atoms with Gasteiger partial charge in [-0.2, -0.15) is 0 Å². The molecular weight excluding hydrogens is 219 g/mol. The van der Waals surface area contributed by atoms with Crippen LogP contribution in [0.2, 0.25) is 0 Å². The number of nitrogens with zero attached hydrogens (tertiary/aromatic N) is 1. The van der Waals surface area contributed by atoms with Crippen molar-refractivity contribution in [2.24, 2.45) is 5.73 Å². The van der Waals surface area contributed by atoms with Gasteiger partial charge in [0.05, 0.1) is 5.60 Å². The summed E-state index contributed by atoms with van der Waals surface area (Å²) in [6.07, 6.45) is 0.790. The van der Waals surface area contributed by atoms with Crippen LogP contribution in [0.5, 0.6) is 0 Å². The maximum Gasteiger partial charge on any atom is 0.127 e. The molecule has 1 aliphatic rings. The standard InChI is InChI=1S/C13H19FN2O/c1-13(17)4-5-16(9-13)8-10-2-3-12(14)11(6-10)7-15/h2-3,6,17H,4-5,7-9,15H2,1H3. The summed E-state index contributed by atoms with van der Waals surface area (Å²) in [5.41, 5.74) is 6.49. The fraction of sp³-hybridized carbons (Fsp3) is 0.538. The fourth-order valence-corrected chi connectivity index (χ4v) is 2.31. The van der Waals surface area contributed by atoms with Crippen molar-refractivity contribution in [2.45, 2.75) is 32.0 Å². The molecule has 0 bridgehead atoms. The minimum Gasteiger partial charge on any atom is -0.389 e. The highest BCUT2D eigenvalue weighted by atomic mass is 19.1. The highest BCUT2D eigenvalue weighted by molar-refractivity contribution is 5.25. The monoisotopic (exact) mass is 238 g/mol. The highest BCUT2D eigenvalue weighted by Gasteiger charge is 2.30. The Hall–Kier alpha value is -0.970. The first-order chi connectivity index (χ1) is 8.00. The predicted octanol–water partition coefficient (Wildman–Crippen LogP) is 1.24. The van der Waals surface area contributed by atoms with Crippen LogP contribution in [0.4, 0.5) is 4.39 Å².